The number of hydrogen-bond acceptors (Lipinski definition) is 6. The minimum atomic E-state index is 0.566. The maximum atomic E-state index is 5.98. The fraction of sp³-hybridized carbons (Fsp3) is 0.222. The van der Waals surface area contributed by atoms with Crippen LogP contribution >= 0.6 is 11.8 Å². The van der Waals surface area contributed by atoms with Crippen LogP contribution < -0.4 is 9.47 Å². The number of ether oxygens (including phenoxy) is 2. The molecule has 0 aliphatic heterocycles. The summed E-state index contributed by atoms with van der Waals surface area (Å²) in [6, 6.07) is 11.5. The average molecular weight is 342 g/mol. The molecule has 2 aromatic heterocycles. The highest BCUT2D eigenvalue weighted by atomic mass is 32.2. The van der Waals surface area contributed by atoms with Crippen molar-refractivity contribution in [2.24, 2.45) is 0 Å². The molecule has 0 fully saturated rings. The summed E-state index contributed by atoms with van der Waals surface area (Å²) in [5, 5.41) is 0.647. The highest BCUT2D eigenvalue weighted by molar-refractivity contribution is 7.99. The molecule has 0 aliphatic rings. The van der Waals surface area contributed by atoms with Crippen molar-refractivity contribution in [3.8, 4) is 34.2 Å². The fourth-order valence-corrected chi connectivity index (χ4v) is 2.81. The molecule has 5 nitrogen and oxygen atoms in total. The lowest BCUT2D eigenvalue weighted by molar-refractivity contribution is 0.398. The van der Waals surface area contributed by atoms with Crippen molar-refractivity contribution >= 4 is 11.8 Å². The van der Waals surface area contributed by atoms with Gasteiger partial charge < -0.3 is 13.9 Å². The molecule has 0 spiro atoms. The first-order valence-electron chi connectivity index (χ1n) is 7.53. The Hall–Kier alpha value is -2.47. The van der Waals surface area contributed by atoms with Crippen LogP contribution in [-0.4, -0.2) is 29.9 Å². The molecule has 3 rings (SSSR count). The van der Waals surface area contributed by atoms with Gasteiger partial charge >= 0.3 is 0 Å². The topological polar surface area (TPSA) is 57.4 Å². The molecule has 3 aromatic rings. The Balaban J connectivity index is 2.05. The fourth-order valence-electron chi connectivity index (χ4n) is 2.26. The molecule has 6 heteroatoms. The molecular weight excluding hydrogens is 324 g/mol. The minimum absolute atomic E-state index is 0.566. The summed E-state index contributed by atoms with van der Waals surface area (Å²) in [5.74, 6) is 2.98. The largest absolute Gasteiger partial charge is 0.497 e. The van der Waals surface area contributed by atoms with Gasteiger partial charge in [0.05, 0.1) is 14.2 Å². The standard InChI is InChI=1S/C18H18N2O3S/c1-4-24-18-20-16(13-7-10-15(22-3)19-11-13)17(23-18)12-5-8-14(21-2)9-6-12/h5-11H,4H2,1-3H3. The van der Waals surface area contributed by atoms with Crippen molar-refractivity contribution in [2.45, 2.75) is 12.1 Å². The number of methoxy groups -OCH3 is 2. The van der Waals surface area contributed by atoms with Gasteiger partial charge in [0.15, 0.2) is 5.76 Å². The third-order valence-corrected chi connectivity index (χ3v) is 4.16. The van der Waals surface area contributed by atoms with Crippen molar-refractivity contribution in [3.63, 3.8) is 0 Å². The van der Waals surface area contributed by atoms with Crippen molar-refractivity contribution in [1.29, 1.82) is 0 Å². The third kappa shape index (κ3) is 3.38. The Labute approximate surface area is 145 Å². The van der Waals surface area contributed by atoms with Crippen LogP contribution in [0, 0.1) is 0 Å². The summed E-state index contributed by atoms with van der Waals surface area (Å²) >= 11 is 1.57. The smallest absolute Gasteiger partial charge is 0.256 e. The Morgan fingerprint density at radius 3 is 2.33 bits per heavy atom. The normalized spacial score (nSPS) is 10.6. The van der Waals surface area contributed by atoms with E-state index in [-0.39, 0.29) is 0 Å². The van der Waals surface area contributed by atoms with E-state index in [2.05, 4.69) is 16.9 Å². The molecule has 0 bridgehead atoms. The summed E-state index contributed by atoms with van der Waals surface area (Å²) in [6.45, 7) is 2.07. The molecule has 24 heavy (non-hydrogen) atoms. The monoisotopic (exact) mass is 342 g/mol. The highest BCUT2D eigenvalue weighted by Crippen LogP contribution is 2.36. The molecule has 0 unspecified atom stereocenters. The molecule has 2 heterocycles. The van der Waals surface area contributed by atoms with Gasteiger partial charge in [-0.25, -0.2) is 9.97 Å². The second kappa shape index (κ2) is 7.40. The van der Waals surface area contributed by atoms with Crippen molar-refractivity contribution in [3.05, 3.63) is 42.6 Å². The van der Waals surface area contributed by atoms with E-state index in [4.69, 9.17) is 13.9 Å². The summed E-state index contributed by atoms with van der Waals surface area (Å²) < 4.78 is 16.3. The summed E-state index contributed by atoms with van der Waals surface area (Å²) in [4.78, 5) is 8.89. The molecule has 124 valence electrons. The lowest BCUT2D eigenvalue weighted by atomic mass is 10.1. The zero-order chi connectivity index (χ0) is 16.9. The van der Waals surface area contributed by atoms with Crippen molar-refractivity contribution < 1.29 is 13.9 Å². The lowest BCUT2D eigenvalue weighted by Gasteiger charge is -2.04. The zero-order valence-electron chi connectivity index (χ0n) is 13.8. The maximum Gasteiger partial charge on any atom is 0.256 e. The Morgan fingerprint density at radius 1 is 1.00 bits per heavy atom. The molecule has 0 saturated heterocycles. The first kappa shape index (κ1) is 16.4. The van der Waals surface area contributed by atoms with Crippen LogP contribution in [0.1, 0.15) is 6.92 Å². The summed E-state index contributed by atoms with van der Waals surface area (Å²) in [5.41, 5.74) is 2.59. The van der Waals surface area contributed by atoms with E-state index in [9.17, 15) is 0 Å². The van der Waals surface area contributed by atoms with Gasteiger partial charge in [0.25, 0.3) is 5.22 Å². The summed E-state index contributed by atoms with van der Waals surface area (Å²) in [7, 11) is 3.24. The lowest BCUT2D eigenvalue weighted by Crippen LogP contribution is -1.89. The average Bonchev–Trinajstić information content (AvgIpc) is 3.06. The number of oxazole rings is 1. The first-order valence-corrected chi connectivity index (χ1v) is 8.52. The van der Waals surface area contributed by atoms with E-state index in [0.29, 0.717) is 11.1 Å². The molecule has 0 atom stereocenters. The van der Waals surface area contributed by atoms with Crippen molar-refractivity contribution in [1.82, 2.24) is 9.97 Å². The third-order valence-electron chi connectivity index (χ3n) is 3.45. The first-order chi connectivity index (χ1) is 11.7. The quantitative estimate of drug-likeness (QED) is 0.613. The Kier molecular flexibility index (Phi) is 5.05. The maximum absolute atomic E-state index is 5.98. The van der Waals surface area contributed by atoms with Crippen LogP contribution in [0.4, 0.5) is 0 Å². The van der Waals surface area contributed by atoms with Gasteiger partial charge in [0.2, 0.25) is 5.88 Å². The van der Waals surface area contributed by atoms with E-state index < -0.39 is 0 Å². The van der Waals surface area contributed by atoms with E-state index >= 15 is 0 Å². The number of benzene rings is 1. The van der Waals surface area contributed by atoms with Crippen molar-refractivity contribution in [2.75, 3.05) is 20.0 Å². The molecule has 0 N–H and O–H groups in total. The van der Waals surface area contributed by atoms with E-state index in [1.54, 1.807) is 32.2 Å². The van der Waals surface area contributed by atoms with E-state index in [1.807, 2.05) is 36.4 Å². The van der Waals surface area contributed by atoms with Gasteiger partial charge in [-0.2, -0.15) is 0 Å². The number of aromatic nitrogens is 2. The van der Waals surface area contributed by atoms with Gasteiger partial charge in [-0.15, -0.1) is 0 Å². The molecule has 0 amide bonds. The van der Waals surface area contributed by atoms with Crippen LogP contribution in [0.15, 0.2) is 52.2 Å². The Bertz CT molecular complexity index is 733. The summed E-state index contributed by atoms with van der Waals surface area (Å²) in [6.07, 6.45) is 1.74. The van der Waals surface area contributed by atoms with Gasteiger partial charge in [0.1, 0.15) is 11.4 Å². The molecule has 0 radical (unpaired) electrons. The number of rotatable bonds is 6. The van der Waals surface area contributed by atoms with E-state index in [0.717, 1.165) is 34.1 Å². The molecule has 0 saturated carbocycles. The van der Waals surface area contributed by atoms with Gasteiger partial charge in [0, 0.05) is 23.4 Å². The van der Waals surface area contributed by atoms with Crippen LogP contribution in [0.25, 0.3) is 22.6 Å². The molecular formula is C18H18N2O3S. The number of pyridine rings is 1. The molecule has 1 aromatic carbocycles. The number of nitrogens with zero attached hydrogens (tertiary/aromatic N) is 2. The highest BCUT2D eigenvalue weighted by Gasteiger charge is 2.17. The van der Waals surface area contributed by atoms with Crippen LogP contribution in [0.5, 0.6) is 11.6 Å². The van der Waals surface area contributed by atoms with Gasteiger partial charge in [-0.3, -0.25) is 0 Å². The predicted molar refractivity (Wildman–Crippen MR) is 94.7 cm³/mol. The second-order valence-electron chi connectivity index (χ2n) is 4.91. The minimum Gasteiger partial charge on any atom is -0.497 e. The van der Waals surface area contributed by atoms with E-state index in [1.165, 1.54) is 0 Å². The van der Waals surface area contributed by atoms with Crippen LogP contribution in [0.2, 0.25) is 0 Å². The zero-order valence-corrected chi connectivity index (χ0v) is 14.6. The number of thioether (sulfide) groups is 1. The second-order valence-corrected chi connectivity index (χ2v) is 6.12. The SMILES string of the molecule is CCSc1nc(-c2ccc(OC)nc2)c(-c2ccc(OC)cc2)o1. The van der Waals surface area contributed by atoms with Crippen LogP contribution in [-0.2, 0) is 0 Å². The number of hydrogen-bond donors (Lipinski definition) is 0. The van der Waals surface area contributed by atoms with Gasteiger partial charge in [-0.1, -0.05) is 18.7 Å². The Morgan fingerprint density at radius 2 is 1.75 bits per heavy atom. The van der Waals surface area contributed by atoms with Gasteiger partial charge in [-0.05, 0) is 36.1 Å². The van der Waals surface area contributed by atoms with Crippen LogP contribution in [0.3, 0.4) is 0 Å². The molecule has 0 aliphatic carbocycles. The predicted octanol–water partition coefficient (Wildman–Crippen LogP) is 4.53.